The quantitative estimate of drug-likeness (QED) is 0.163. The second kappa shape index (κ2) is 20.5. The van der Waals surface area contributed by atoms with Crippen molar-refractivity contribution in [1.29, 1.82) is 0 Å². The summed E-state index contributed by atoms with van der Waals surface area (Å²) in [5.41, 5.74) is 4.67. The maximum atomic E-state index is 11.7. The van der Waals surface area contributed by atoms with E-state index in [9.17, 15) is 9.59 Å². The van der Waals surface area contributed by atoms with Crippen molar-refractivity contribution in [2.45, 2.75) is 116 Å². The van der Waals surface area contributed by atoms with Gasteiger partial charge in [0.05, 0.1) is 12.1 Å². The monoisotopic (exact) mass is 440 g/mol. The van der Waals surface area contributed by atoms with E-state index >= 15 is 0 Å². The largest absolute Gasteiger partial charge is 0.481 e. The first kappa shape index (κ1) is 29.6. The number of carboxylic acids is 1. The van der Waals surface area contributed by atoms with Gasteiger partial charge in [-0.1, -0.05) is 76.9 Å². The van der Waals surface area contributed by atoms with Crippen molar-refractivity contribution in [3.63, 3.8) is 0 Å². The van der Waals surface area contributed by atoms with Gasteiger partial charge in [0.2, 0.25) is 5.91 Å². The van der Waals surface area contributed by atoms with Gasteiger partial charge in [-0.2, -0.15) is 0 Å². The lowest BCUT2D eigenvalue weighted by Crippen LogP contribution is -2.27. The Morgan fingerprint density at radius 1 is 1.00 bits per heavy atom. The smallest absolute Gasteiger partial charge is 0.308 e. The lowest BCUT2D eigenvalue weighted by atomic mass is 10.1. The molecular weight excluding hydrogens is 392 g/mol. The van der Waals surface area contributed by atoms with Crippen LogP contribution in [0.25, 0.3) is 0 Å². The molecule has 1 saturated heterocycles. The van der Waals surface area contributed by atoms with E-state index in [4.69, 9.17) is 10.2 Å². The number of aliphatic hydroxyl groups excluding tert-OH is 1. The second-order valence-electron chi connectivity index (χ2n) is 8.76. The fourth-order valence-electron chi connectivity index (χ4n) is 3.70. The van der Waals surface area contributed by atoms with Crippen LogP contribution in [0.3, 0.4) is 0 Å². The average Bonchev–Trinajstić information content (AvgIpc) is 3.08. The van der Waals surface area contributed by atoms with Crippen molar-refractivity contribution >= 4 is 11.9 Å². The maximum absolute atomic E-state index is 11.7. The number of carbonyl (C=O) groups is 2. The third-order valence-electron chi connectivity index (χ3n) is 5.50. The minimum Gasteiger partial charge on any atom is -0.481 e. The van der Waals surface area contributed by atoms with Gasteiger partial charge in [-0.15, -0.1) is 0 Å². The number of hydrogen-bond donors (Lipinski definition) is 3. The number of aliphatic carboxylic acids is 1. The first-order chi connectivity index (χ1) is 14.9. The SMILES string of the molecule is CC(N)O.CCCCCCCC/C=C\CCCCCCCCN1CC(C(=O)O)CC1=O. The minimum atomic E-state index is -0.841. The topological polar surface area (TPSA) is 104 Å². The third-order valence-corrected chi connectivity index (χ3v) is 5.50. The number of allylic oxidation sites excluding steroid dienone is 2. The van der Waals surface area contributed by atoms with Gasteiger partial charge in [0, 0.05) is 19.5 Å². The van der Waals surface area contributed by atoms with Gasteiger partial charge in [0.1, 0.15) is 0 Å². The molecule has 1 amide bonds. The predicted molar refractivity (Wildman–Crippen MR) is 128 cm³/mol. The molecule has 2 atom stereocenters. The van der Waals surface area contributed by atoms with Crippen LogP contribution in [0.15, 0.2) is 12.2 Å². The Kier molecular flexibility index (Phi) is 19.6. The molecule has 1 heterocycles. The van der Waals surface area contributed by atoms with Crippen LogP contribution < -0.4 is 5.73 Å². The summed E-state index contributed by atoms with van der Waals surface area (Å²) in [7, 11) is 0. The molecule has 0 bridgehead atoms. The van der Waals surface area contributed by atoms with E-state index in [0.29, 0.717) is 6.54 Å². The Hall–Kier alpha value is -1.40. The second-order valence-corrected chi connectivity index (χ2v) is 8.76. The van der Waals surface area contributed by atoms with Crippen molar-refractivity contribution < 1.29 is 19.8 Å². The molecule has 182 valence electrons. The molecule has 0 aliphatic carbocycles. The van der Waals surface area contributed by atoms with E-state index in [2.05, 4.69) is 24.8 Å². The summed E-state index contributed by atoms with van der Waals surface area (Å²) in [6, 6.07) is 0. The van der Waals surface area contributed by atoms with E-state index in [-0.39, 0.29) is 12.3 Å². The summed E-state index contributed by atoms with van der Waals surface area (Å²) in [6.07, 6.45) is 22.1. The van der Waals surface area contributed by atoms with Crippen molar-refractivity contribution in [1.82, 2.24) is 4.90 Å². The molecule has 0 saturated carbocycles. The van der Waals surface area contributed by atoms with Crippen LogP contribution in [-0.2, 0) is 9.59 Å². The van der Waals surface area contributed by atoms with Crippen LogP contribution >= 0.6 is 0 Å². The number of carbonyl (C=O) groups excluding carboxylic acids is 1. The van der Waals surface area contributed by atoms with Gasteiger partial charge in [-0.25, -0.2) is 0 Å². The Bertz CT molecular complexity index is 477. The zero-order valence-corrected chi connectivity index (χ0v) is 20.1. The highest BCUT2D eigenvalue weighted by atomic mass is 16.4. The molecule has 1 aliphatic rings. The van der Waals surface area contributed by atoms with E-state index in [1.54, 1.807) is 4.90 Å². The molecule has 31 heavy (non-hydrogen) atoms. The molecular formula is C25H48N2O4. The number of amides is 1. The van der Waals surface area contributed by atoms with Crippen LogP contribution in [0.2, 0.25) is 0 Å². The number of hydrogen-bond acceptors (Lipinski definition) is 4. The Morgan fingerprint density at radius 2 is 1.45 bits per heavy atom. The highest BCUT2D eigenvalue weighted by Gasteiger charge is 2.33. The highest BCUT2D eigenvalue weighted by Crippen LogP contribution is 2.19. The first-order valence-electron chi connectivity index (χ1n) is 12.5. The third kappa shape index (κ3) is 19.0. The molecule has 4 N–H and O–H groups in total. The molecule has 0 aromatic heterocycles. The summed E-state index contributed by atoms with van der Waals surface area (Å²) in [5, 5.41) is 16.8. The minimum absolute atomic E-state index is 0.00939. The molecule has 1 aliphatic heterocycles. The number of carboxylic acid groups (broad SMARTS) is 1. The summed E-state index contributed by atoms with van der Waals surface area (Å²) >= 11 is 0. The van der Waals surface area contributed by atoms with Crippen molar-refractivity contribution in [3.8, 4) is 0 Å². The molecule has 1 fully saturated rings. The fourth-order valence-corrected chi connectivity index (χ4v) is 3.70. The lowest BCUT2D eigenvalue weighted by Gasteiger charge is -2.15. The summed E-state index contributed by atoms with van der Waals surface area (Å²) < 4.78 is 0. The summed E-state index contributed by atoms with van der Waals surface area (Å²) in [4.78, 5) is 24.4. The number of nitrogens with zero attached hydrogens (tertiary/aromatic N) is 1. The molecule has 2 unspecified atom stereocenters. The zero-order valence-electron chi connectivity index (χ0n) is 20.1. The molecule has 0 radical (unpaired) electrons. The molecule has 6 heteroatoms. The van der Waals surface area contributed by atoms with E-state index in [1.807, 2.05) is 0 Å². The van der Waals surface area contributed by atoms with E-state index in [0.717, 1.165) is 19.4 Å². The number of aliphatic hydroxyl groups is 1. The van der Waals surface area contributed by atoms with Crippen molar-refractivity contribution in [2.75, 3.05) is 13.1 Å². The molecule has 6 nitrogen and oxygen atoms in total. The number of nitrogens with two attached hydrogens (primary N) is 1. The van der Waals surface area contributed by atoms with Gasteiger partial charge in [-0.05, 0) is 39.0 Å². The van der Waals surface area contributed by atoms with Crippen molar-refractivity contribution in [3.05, 3.63) is 12.2 Å². The normalized spacial score (nSPS) is 17.1. The van der Waals surface area contributed by atoms with E-state index in [1.165, 1.54) is 84.0 Å². The predicted octanol–water partition coefficient (Wildman–Crippen LogP) is 5.24. The van der Waals surface area contributed by atoms with Crippen LogP contribution in [0.4, 0.5) is 0 Å². The number of rotatable bonds is 17. The highest BCUT2D eigenvalue weighted by molar-refractivity contribution is 5.86. The Morgan fingerprint density at radius 3 is 1.90 bits per heavy atom. The average molecular weight is 441 g/mol. The van der Waals surface area contributed by atoms with Gasteiger partial charge in [-0.3, -0.25) is 9.59 Å². The number of likely N-dealkylation sites (tertiary alicyclic amines) is 1. The standard InChI is InChI=1S/C23H41NO3.C2H7NO/c1-2-3-4-5-6-7-8-9-10-11-12-13-14-15-16-17-18-24-20-21(23(26)27)19-22(24)25;1-2(3)4/h9-10,21H,2-8,11-20H2,1H3,(H,26,27);2,4H,3H2,1H3/b10-9-;. The number of unbranched alkanes of at least 4 members (excludes halogenated alkanes) is 12. The van der Waals surface area contributed by atoms with Crippen LogP contribution in [0.1, 0.15) is 110 Å². The van der Waals surface area contributed by atoms with Gasteiger partial charge >= 0.3 is 5.97 Å². The molecule has 0 aromatic carbocycles. The lowest BCUT2D eigenvalue weighted by molar-refractivity contribution is -0.141. The summed E-state index contributed by atoms with van der Waals surface area (Å²) in [5.74, 6) is -1.33. The van der Waals surface area contributed by atoms with E-state index < -0.39 is 18.1 Å². The summed E-state index contributed by atoms with van der Waals surface area (Å²) in [6.45, 7) is 4.89. The molecule has 1 rings (SSSR count). The van der Waals surface area contributed by atoms with Crippen LogP contribution in [-0.4, -0.2) is 46.3 Å². The first-order valence-corrected chi connectivity index (χ1v) is 12.5. The maximum Gasteiger partial charge on any atom is 0.308 e. The van der Waals surface area contributed by atoms with Gasteiger partial charge in [0.15, 0.2) is 0 Å². The van der Waals surface area contributed by atoms with Crippen LogP contribution in [0.5, 0.6) is 0 Å². The zero-order chi connectivity index (χ0) is 23.3. The fraction of sp³-hybridized carbons (Fsp3) is 0.840. The van der Waals surface area contributed by atoms with Gasteiger partial charge in [0.25, 0.3) is 0 Å². The Balaban J connectivity index is 0.00000206. The van der Waals surface area contributed by atoms with Crippen LogP contribution in [0, 0.1) is 5.92 Å². The molecule has 0 spiro atoms. The Labute approximate surface area is 190 Å². The molecule has 0 aromatic rings. The van der Waals surface area contributed by atoms with Crippen molar-refractivity contribution in [2.24, 2.45) is 11.7 Å². The van der Waals surface area contributed by atoms with Gasteiger partial charge < -0.3 is 20.8 Å².